The molecule has 0 atom stereocenters. The molecule has 0 saturated carbocycles. The molecule has 0 spiro atoms. The summed E-state index contributed by atoms with van der Waals surface area (Å²) in [5.41, 5.74) is 1.14. The third-order valence-electron chi connectivity index (χ3n) is 3.72. The molecular formula is C20H17ClN2O4S2. The number of thiocarbonyl (C=S) groups is 1. The Labute approximate surface area is 182 Å². The van der Waals surface area contributed by atoms with E-state index in [1.54, 1.807) is 42.5 Å². The Morgan fingerprint density at radius 2 is 2.03 bits per heavy atom. The molecule has 0 unspecified atom stereocenters. The highest BCUT2D eigenvalue weighted by Crippen LogP contribution is 2.31. The number of para-hydroxylation sites is 2. The molecule has 9 heteroatoms. The van der Waals surface area contributed by atoms with Crippen LogP contribution in [0.5, 0.6) is 11.5 Å². The molecule has 0 aromatic heterocycles. The van der Waals surface area contributed by atoms with Crippen LogP contribution < -0.4 is 20.1 Å². The first-order valence-electron chi connectivity index (χ1n) is 8.65. The molecule has 2 N–H and O–H groups in total. The Hall–Kier alpha value is -2.55. The summed E-state index contributed by atoms with van der Waals surface area (Å²) in [4.78, 5) is 24.7. The van der Waals surface area contributed by atoms with Gasteiger partial charge in [0.25, 0.3) is 11.8 Å². The molecule has 0 aliphatic carbocycles. The number of halogens is 1. The summed E-state index contributed by atoms with van der Waals surface area (Å²) in [7, 11) is 0. The van der Waals surface area contributed by atoms with Gasteiger partial charge in [-0.2, -0.15) is 0 Å². The summed E-state index contributed by atoms with van der Waals surface area (Å²) in [5.74, 6) is 0.373. The molecular weight excluding hydrogens is 432 g/mol. The van der Waals surface area contributed by atoms with Crippen molar-refractivity contribution in [3.05, 3.63) is 58.0 Å². The lowest BCUT2D eigenvalue weighted by Crippen LogP contribution is -2.21. The molecule has 1 fully saturated rings. The van der Waals surface area contributed by atoms with Gasteiger partial charge in [-0.25, -0.2) is 0 Å². The summed E-state index contributed by atoms with van der Waals surface area (Å²) >= 11 is 12.2. The Kier molecular flexibility index (Phi) is 7.13. The number of ether oxygens (including phenoxy) is 2. The van der Waals surface area contributed by atoms with Crippen molar-refractivity contribution in [2.45, 2.75) is 6.92 Å². The number of hydrogen-bond acceptors (Lipinski definition) is 6. The number of carbonyl (C=O) groups excluding carboxylic acids is 2. The van der Waals surface area contributed by atoms with Crippen molar-refractivity contribution < 1.29 is 19.1 Å². The van der Waals surface area contributed by atoms with Gasteiger partial charge < -0.3 is 20.1 Å². The van der Waals surface area contributed by atoms with Crippen LogP contribution in [0.1, 0.15) is 12.5 Å². The number of carbonyl (C=O) groups is 2. The topological polar surface area (TPSA) is 76.7 Å². The summed E-state index contributed by atoms with van der Waals surface area (Å²) in [6.07, 6.45) is 1.63. The summed E-state index contributed by atoms with van der Waals surface area (Å²) in [6.45, 7) is 2.13. The lowest BCUT2D eigenvalue weighted by molar-refractivity contribution is -0.118. The van der Waals surface area contributed by atoms with Crippen molar-refractivity contribution in [1.82, 2.24) is 5.32 Å². The van der Waals surface area contributed by atoms with Crippen LogP contribution in [0.15, 0.2) is 47.4 Å². The van der Waals surface area contributed by atoms with Gasteiger partial charge in [-0.1, -0.05) is 47.7 Å². The molecule has 6 nitrogen and oxygen atoms in total. The van der Waals surface area contributed by atoms with Gasteiger partial charge in [-0.3, -0.25) is 9.59 Å². The smallest absolute Gasteiger partial charge is 0.263 e. The second kappa shape index (κ2) is 9.78. The van der Waals surface area contributed by atoms with E-state index in [0.29, 0.717) is 43.6 Å². The Bertz CT molecular complexity index is 994. The summed E-state index contributed by atoms with van der Waals surface area (Å²) in [6, 6.07) is 12.1. The fourth-order valence-electron chi connectivity index (χ4n) is 2.51. The van der Waals surface area contributed by atoms with Crippen LogP contribution in [0.3, 0.4) is 0 Å². The Morgan fingerprint density at radius 1 is 1.24 bits per heavy atom. The number of hydrogen-bond donors (Lipinski definition) is 2. The van der Waals surface area contributed by atoms with Crippen LogP contribution in [-0.2, 0) is 9.59 Å². The molecule has 0 bridgehead atoms. The van der Waals surface area contributed by atoms with E-state index in [0.717, 1.165) is 11.8 Å². The van der Waals surface area contributed by atoms with Crippen LogP contribution in [0.2, 0.25) is 5.02 Å². The minimum atomic E-state index is -0.347. The van der Waals surface area contributed by atoms with E-state index in [1.165, 1.54) is 0 Å². The van der Waals surface area contributed by atoms with Crippen molar-refractivity contribution in [3.8, 4) is 11.5 Å². The number of thioether (sulfide) groups is 1. The minimum absolute atomic E-state index is 0.226. The molecule has 0 radical (unpaired) electrons. The fourth-order valence-corrected chi connectivity index (χ4v) is 3.72. The van der Waals surface area contributed by atoms with E-state index in [-0.39, 0.29) is 18.4 Å². The summed E-state index contributed by atoms with van der Waals surface area (Å²) in [5, 5.41) is 5.80. The van der Waals surface area contributed by atoms with Gasteiger partial charge in [0.2, 0.25) is 0 Å². The number of anilines is 1. The average molecular weight is 449 g/mol. The van der Waals surface area contributed by atoms with Crippen molar-refractivity contribution in [3.63, 3.8) is 0 Å². The van der Waals surface area contributed by atoms with E-state index in [4.69, 9.17) is 33.3 Å². The number of rotatable bonds is 7. The minimum Gasteiger partial charge on any atom is -0.492 e. The van der Waals surface area contributed by atoms with Gasteiger partial charge in [0.15, 0.2) is 6.61 Å². The quantitative estimate of drug-likeness (QED) is 0.487. The third-order valence-corrected chi connectivity index (χ3v) is 5.12. The monoisotopic (exact) mass is 448 g/mol. The van der Waals surface area contributed by atoms with Gasteiger partial charge >= 0.3 is 0 Å². The predicted molar refractivity (Wildman–Crippen MR) is 119 cm³/mol. The zero-order valence-corrected chi connectivity index (χ0v) is 17.7. The van der Waals surface area contributed by atoms with Crippen LogP contribution in [-0.4, -0.2) is 29.3 Å². The lowest BCUT2D eigenvalue weighted by Gasteiger charge is -2.13. The van der Waals surface area contributed by atoms with Crippen molar-refractivity contribution in [2.24, 2.45) is 0 Å². The normalized spacial score (nSPS) is 14.6. The molecule has 1 aliphatic rings. The summed E-state index contributed by atoms with van der Waals surface area (Å²) < 4.78 is 11.6. The third kappa shape index (κ3) is 5.72. The van der Waals surface area contributed by atoms with Crippen LogP contribution in [0, 0.1) is 0 Å². The van der Waals surface area contributed by atoms with Crippen molar-refractivity contribution >= 4 is 63.5 Å². The van der Waals surface area contributed by atoms with E-state index in [2.05, 4.69) is 10.6 Å². The molecule has 2 aromatic carbocycles. The first-order valence-corrected chi connectivity index (χ1v) is 10.3. The van der Waals surface area contributed by atoms with Crippen molar-refractivity contribution in [1.29, 1.82) is 0 Å². The van der Waals surface area contributed by atoms with E-state index in [1.807, 2.05) is 13.0 Å². The number of amides is 2. The fraction of sp³-hybridized carbons (Fsp3) is 0.150. The highest BCUT2D eigenvalue weighted by molar-refractivity contribution is 8.26. The van der Waals surface area contributed by atoms with Crippen molar-refractivity contribution in [2.75, 3.05) is 18.5 Å². The van der Waals surface area contributed by atoms with Gasteiger partial charge in [0.05, 0.1) is 17.2 Å². The lowest BCUT2D eigenvalue weighted by atomic mass is 10.2. The standard InChI is InChI=1S/C20H17ClN2O4S2/c1-2-26-16-6-4-3-5-14(16)22-18(24)11-27-15-8-7-13(21)9-12(15)10-17-19(25)23-20(28)29-17/h3-10H,2,11H2,1H3,(H,22,24)(H,23,25,28)/b17-10-. The zero-order valence-electron chi connectivity index (χ0n) is 15.4. The molecule has 1 heterocycles. The predicted octanol–water partition coefficient (Wildman–Crippen LogP) is 4.25. The largest absolute Gasteiger partial charge is 0.492 e. The first kappa shape index (κ1) is 21.2. The maximum atomic E-state index is 12.3. The van der Waals surface area contributed by atoms with Gasteiger partial charge in [0.1, 0.15) is 15.8 Å². The SMILES string of the molecule is CCOc1ccccc1NC(=O)COc1ccc(Cl)cc1/C=C1\SC(=S)NC1=O. The van der Waals surface area contributed by atoms with Gasteiger partial charge in [-0.05, 0) is 43.3 Å². The van der Waals surface area contributed by atoms with Gasteiger partial charge in [0, 0.05) is 10.6 Å². The van der Waals surface area contributed by atoms with Crippen LogP contribution in [0.4, 0.5) is 5.69 Å². The van der Waals surface area contributed by atoms with E-state index in [9.17, 15) is 9.59 Å². The number of nitrogens with one attached hydrogen (secondary N) is 2. The highest BCUT2D eigenvalue weighted by atomic mass is 35.5. The molecule has 29 heavy (non-hydrogen) atoms. The van der Waals surface area contributed by atoms with Gasteiger partial charge in [-0.15, -0.1) is 0 Å². The molecule has 2 aromatic rings. The highest BCUT2D eigenvalue weighted by Gasteiger charge is 2.22. The Morgan fingerprint density at radius 3 is 2.76 bits per heavy atom. The molecule has 1 aliphatic heterocycles. The van der Waals surface area contributed by atoms with Crippen LogP contribution >= 0.6 is 35.6 Å². The van der Waals surface area contributed by atoms with E-state index >= 15 is 0 Å². The molecule has 150 valence electrons. The van der Waals surface area contributed by atoms with E-state index < -0.39 is 0 Å². The van der Waals surface area contributed by atoms with Crippen LogP contribution in [0.25, 0.3) is 6.08 Å². The zero-order chi connectivity index (χ0) is 20.8. The molecule has 1 saturated heterocycles. The number of benzene rings is 2. The second-order valence-electron chi connectivity index (χ2n) is 5.80. The maximum absolute atomic E-state index is 12.3. The maximum Gasteiger partial charge on any atom is 0.263 e. The molecule has 3 rings (SSSR count). The second-order valence-corrected chi connectivity index (χ2v) is 7.96. The first-order chi connectivity index (χ1) is 14.0. The Balaban J connectivity index is 1.71. The average Bonchev–Trinajstić information content (AvgIpc) is 3.00. The molecule has 2 amide bonds.